The molecule has 0 aromatic heterocycles. The first-order valence-corrected chi connectivity index (χ1v) is 8.53. The number of benzene rings is 2. The molecule has 136 valence electrons. The number of methoxy groups -OCH3 is 1. The van der Waals surface area contributed by atoms with Gasteiger partial charge in [0, 0.05) is 31.4 Å². The van der Waals surface area contributed by atoms with Gasteiger partial charge < -0.3 is 15.0 Å². The average molecular weight is 356 g/mol. The molecule has 5 nitrogen and oxygen atoms in total. The maximum atomic E-state index is 14.1. The van der Waals surface area contributed by atoms with Crippen molar-refractivity contribution in [3.8, 4) is 0 Å². The van der Waals surface area contributed by atoms with Gasteiger partial charge in [-0.05, 0) is 24.1 Å². The van der Waals surface area contributed by atoms with Gasteiger partial charge in [0.1, 0.15) is 11.9 Å². The Morgan fingerprint density at radius 1 is 1.19 bits per heavy atom. The highest BCUT2D eigenvalue weighted by molar-refractivity contribution is 6.04. The van der Waals surface area contributed by atoms with E-state index < -0.39 is 11.9 Å². The molecule has 2 amide bonds. The molecule has 1 N–H and O–H groups in total. The Bertz CT molecular complexity index is 809. The van der Waals surface area contributed by atoms with Gasteiger partial charge in [-0.15, -0.1) is 0 Å². The SMILES string of the molecule is COCCCNC(=O)C1c2ccccc2C(=O)N1Cc1ccccc1F. The van der Waals surface area contributed by atoms with Crippen LogP contribution in [0.25, 0.3) is 0 Å². The van der Waals surface area contributed by atoms with E-state index in [1.165, 1.54) is 11.0 Å². The molecular formula is C20H21FN2O3. The van der Waals surface area contributed by atoms with Crippen LogP contribution in [0.2, 0.25) is 0 Å². The smallest absolute Gasteiger partial charge is 0.255 e. The number of hydrogen-bond acceptors (Lipinski definition) is 3. The van der Waals surface area contributed by atoms with Crippen LogP contribution in [0.15, 0.2) is 48.5 Å². The van der Waals surface area contributed by atoms with Crippen molar-refractivity contribution >= 4 is 11.8 Å². The lowest BCUT2D eigenvalue weighted by Gasteiger charge is -2.25. The average Bonchev–Trinajstić information content (AvgIpc) is 2.93. The van der Waals surface area contributed by atoms with Crippen molar-refractivity contribution in [2.24, 2.45) is 0 Å². The van der Waals surface area contributed by atoms with Crippen LogP contribution in [0.1, 0.15) is 33.9 Å². The summed E-state index contributed by atoms with van der Waals surface area (Å²) in [7, 11) is 1.60. The molecule has 0 radical (unpaired) electrons. The summed E-state index contributed by atoms with van der Waals surface area (Å²) < 4.78 is 19.0. The summed E-state index contributed by atoms with van der Waals surface area (Å²) in [6, 6.07) is 12.5. The van der Waals surface area contributed by atoms with E-state index >= 15 is 0 Å². The van der Waals surface area contributed by atoms with Gasteiger partial charge in [-0.2, -0.15) is 0 Å². The molecule has 6 heteroatoms. The molecule has 0 saturated heterocycles. The number of fused-ring (bicyclic) bond motifs is 1. The summed E-state index contributed by atoms with van der Waals surface area (Å²) in [6.07, 6.45) is 0.678. The zero-order valence-corrected chi connectivity index (χ0v) is 14.6. The second-order valence-electron chi connectivity index (χ2n) is 6.15. The third kappa shape index (κ3) is 3.60. The molecule has 1 unspecified atom stereocenters. The first-order valence-electron chi connectivity index (χ1n) is 8.53. The van der Waals surface area contributed by atoms with Crippen LogP contribution in [0, 0.1) is 5.82 Å². The van der Waals surface area contributed by atoms with E-state index in [4.69, 9.17) is 4.74 Å². The first-order chi connectivity index (χ1) is 12.6. The fourth-order valence-corrected chi connectivity index (χ4v) is 3.15. The second-order valence-corrected chi connectivity index (χ2v) is 6.15. The molecule has 1 heterocycles. The Morgan fingerprint density at radius 3 is 2.69 bits per heavy atom. The Morgan fingerprint density at radius 2 is 1.92 bits per heavy atom. The zero-order chi connectivity index (χ0) is 18.5. The molecule has 0 bridgehead atoms. The Labute approximate surface area is 151 Å². The predicted octanol–water partition coefficient (Wildman–Crippen LogP) is 2.68. The van der Waals surface area contributed by atoms with Gasteiger partial charge in [0.15, 0.2) is 0 Å². The molecule has 2 aromatic rings. The van der Waals surface area contributed by atoms with E-state index in [1.807, 2.05) is 0 Å². The minimum atomic E-state index is -0.763. The van der Waals surface area contributed by atoms with Crippen LogP contribution >= 0.6 is 0 Å². The predicted molar refractivity (Wildman–Crippen MR) is 95.0 cm³/mol. The third-order valence-electron chi connectivity index (χ3n) is 4.43. The quantitative estimate of drug-likeness (QED) is 0.776. The summed E-state index contributed by atoms with van der Waals surface area (Å²) >= 11 is 0. The molecule has 1 atom stereocenters. The summed E-state index contributed by atoms with van der Waals surface area (Å²) in [5, 5.41) is 2.84. The van der Waals surface area contributed by atoms with E-state index in [0.29, 0.717) is 36.3 Å². The summed E-state index contributed by atoms with van der Waals surface area (Å²) in [6.45, 7) is 1.03. The van der Waals surface area contributed by atoms with Gasteiger partial charge in [0.05, 0.1) is 6.54 Å². The lowest BCUT2D eigenvalue weighted by Crippen LogP contribution is -2.39. The van der Waals surface area contributed by atoms with Crippen molar-refractivity contribution in [3.63, 3.8) is 0 Å². The lowest BCUT2D eigenvalue weighted by atomic mass is 10.0. The number of rotatable bonds is 7. The maximum absolute atomic E-state index is 14.1. The molecule has 1 aliphatic rings. The number of amides is 2. The second kappa shape index (κ2) is 8.10. The summed E-state index contributed by atoms with van der Waals surface area (Å²) in [5.74, 6) is -0.924. The van der Waals surface area contributed by atoms with Crippen molar-refractivity contribution < 1.29 is 18.7 Å². The molecular weight excluding hydrogens is 335 g/mol. The highest BCUT2D eigenvalue weighted by Crippen LogP contribution is 2.35. The molecule has 0 saturated carbocycles. The van der Waals surface area contributed by atoms with Gasteiger partial charge in [0.2, 0.25) is 5.91 Å². The molecule has 0 aliphatic carbocycles. The number of hydrogen-bond donors (Lipinski definition) is 1. The van der Waals surface area contributed by atoms with Gasteiger partial charge >= 0.3 is 0 Å². The highest BCUT2D eigenvalue weighted by Gasteiger charge is 2.40. The number of ether oxygens (including phenoxy) is 1. The minimum Gasteiger partial charge on any atom is -0.385 e. The van der Waals surface area contributed by atoms with Crippen molar-refractivity contribution in [2.75, 3.05) is 20.3 Å². The van der Waals surface area contributed by atoms with Crippen molar-refractivity contribution in [1.29, 1.82) is 0 Å². The van der Waals surface area contributed by atoms with E-state index in [9.17, 15) is 14.0 Å². The highest BCUT2D eigenvalue weighted by atomic mass is 19.1. The molecule has 0 spiro atoms. The normalized spacial score (nSPS) is 15.8. The van der Waals surface area contributed by atoms with Crippen molar-refractivity contribution in [1.82, 2.24) is 10.2 Å². The first kappa shape index (κ1) is 18.1. The fourth-order valence-electron chi connectivity index (χ4n) is 3.15. The number of carbonyl (C=O) groups excluding carboxylic acids is 2. The zero-order valence-electron chi connectivity index (χ0n) is 14.6. The molecule has 1 aliphatic heterocycles. The largest absolute Gasteiger partial charge is 0.385 e. The van der Waals surface area contributed by atoms with E-state index in [1.54, 1.807) is 49.6 Å². The van der Waals surface area contributed by atoms with Crippen molar-refractivity contribution in [2.45, 2.75) is 19.0 Å². The van der Waals surface area contributed by atoms with Gasteiger partial charge in [0.25, 0.3) is 5.91 Å². The third-order valence-corrected chi connectivity index (χ3v) is 4.43. The fraction of sp³-hybridized carbons (Fsp3) is 0.300. The van der Waals surface area contributed by atoms with Crippen LogP contribution in [-0.4, -0.2) is 37.0 Å². The molecule has 2 aromatic carbocycles. The van der Waals surface area contributed by atoms with Gasteiger partial charge in [-0.3, -0.25) is 9.59 Å². The maximum Gasteiger partial charge on any atom is 0.255 e. The number of halogens is 1. The Kier molecular flexibility index (Phi) is 5.63. The van der Waals surface area contributed by atoms with Crippen LogP contribution in [-0.2, 0) is 16.1 Å². The monoisotopic (exact) mass is 356 g/mol. The summed E-state index contributed by atoms with van der Waals surface area (Å²) in [5.41, 5.74) is 1.52. The Balaban J connectivity index is 1.85. The standard InChI is InChI=1S/C20H21FN2O3/c1-26-12-6-11-22-19(24)18-15-8-3-4-9-16(15)20(25)23(18)13-14-7-2-5-10-17(14)21/h2-5,7-10,18H,6,11-13H2,1H3,(H,22,24). The van der Waals surface area contributed by atoms with Crippen LogP contribution in [0.5, 0.6) is 0 Å². The lowest BCUT2D eigenvalue weighted by molar-refractivity contribution is -0.125. The number of nitrogens with zero attached hydrogens (tertiary/aromatic N) is 1. The van der Waals surface area contributed by atoms with Gasteiger partial charge in [-0.25, -0.2) is 4.39 Å². The number of nitrogens with one attached hydrogen (secondary N) is 1. The molecule has 26 heavy (non-hydrogen) atoms. The van der Waals surface area contributed by atoms with E-state index in [0.717, 1.165) is 0 Å². The van der Waals surface area contributed by atoms with Crippen LogP contribution < -0.4 is 5.32 Å². The van der Waals surface area contributed by atoms with Crippen LogP contribution in [0.4, 0.5) is 4.39 Å². The summed E-state index contributed by atoms with van der Waals surface area (Å²) in [4.78, 5) is 27.0. The van der Waals surface area contributed by atoms with Gasteiger partial charge in [-0.1, -0.05) is 36.4 Å². The number of carbonyl (C=O) groups is 2. The topological polar surface area (TPSA) is 58.6 Å². The van der Waals surface area contributed by atoms with Crippen molar-refractivity contribution in [3.05, 3.63) is 71.0 Å². The van der Waals surface area contributed by atoms with Crippen LogP contribution in [0.3, 0.4) is 0 Å². The molecule has 3 rings (SSSR count). The Hall–Kier alpha value is -2.73. The molecule has 0 fully saturated rings. The van der Waals surface area contributed by atoms with E-state index in [2.05, 4.69) is 5.32 Å². The minimum absolute atomic E-state index is 0.0380. The van der Waals surface area contributed by atoms with E-state index in [-0.39, 0.29) is 18.4 Å².